The van der Waals surface area contributed by atoms with Crippen LogP contribution in [0.4, 0.5) is 11.8 Å². The van der Waals surface area contributed by atoms with Crippen molar-refractivity contribution in [2.75, 3.05) is 81.4 Å². The molecule has 0 saturated carbocycles. The smallest absolute Gasteiger partial charge is 0.222 e. The second-order valence-corrected chi connectivity index (χ2v) is 34.0. The molecular weight excluding hydrogens is 1610 g/mol. The summed E-state index contributed by atoms with van der Waals surface area (Å²) in [6.45, 7) is 5.95. The fourth-order valence-corrected chi connectivity index (χ4v) is 14.6. The summed E-state index contributed by atoms with van der Waals surface area (Å²) in [7, 11) is -9.22. The van der Waals surface area contributed by atoms with Gasteiger partial charge in [0.25, 0.3) is 0 Å². The second kappa shape index (κ2) is 41.4. The third kappa shape index (κ3) is 31.1. The third-order valence-electron chi connectivity index (χ3n) is 12.9. The van der Waals surface area contributed by atoms with E-state index in [1.54, 1.807) is 53.9 Å². The maximum absolute atomic E-state index is 11.5. The predicted octanol–water partition coefficient (Wildman–Crippen LogP) is 17.1. The highest BCUT2D eigenvalue weighted by Crippen LogP contribution is 2.35. The van der Waals surface area contributed by atoms with Gasteiger partial charge in [-0.05, 0) is 176 Å². The summed E-state index contributed by atoms with van der Waals surface area (Å²) < 4.78 is 80.7. The van der Waals surface area contributed by atoms with Crippen molar-refractivity contribution in [1.82, 2.24) is 15.3 Å². The van der Waals surface area contributed by atoms with Gasteiger partial charge in [0.1, 0.15) is 5.82 Å². The van der Waals surface area contributed by atoms with Gasteiger partial charge in [-0.3, -0.25) is 9.59 Å². The lowest BCUT2D eigenvalue weighted by atomic mass is 10.0. The van der Waals surface area contributed by atoms with E-state index in [0.29, 0.717) is 69.0 Å². The van der Waals surface area contributed by atoms with Crippen molar-refractivity contribution in [2.45, 2.75) is 65.9 Å². The summed E-state index contributed by atoms with van der Waals surface area (Å²) in [6, 6.07) is 34.6. The number of carbonyl (C=O) groups is 2. The van der Waals surface area contributed by atoms with Crippen LogP contribution in [0, 0.1) is 6.92 Å². The number of ether oxygens (including phenoxy) is 2. The number of aromatic nitrogens is 2. The Morgan fingerprint density at radius 1 is 0.570 bits per heavy atom. The molecule has 2 atom stereocenters. The first-order valence-corrected chi connectivity index (χ1v) is 42.1. The van der Waals surface area contributed by atoms with E-state index in [1.165, 1.54) is 35.8 Å². The van der Waals surface area contributed by atoms with Crippen molar-refractivity contribution in [3.05, 3.63) is 216 Å². The van der Waals surface area contributed by atoms with Crippen molar-refractivity contribution in [1.29, 1.82) is 0 Å². The van der Waals surface area contributed by atoms with Crippen molar-refractivity contribution in [2.24, 2.45) is 0 Å². The van der Waals surface area contributed by atoms with Crippen molar-refractivity contribution < 1.29 is 44.3 Å². The van der Waals surface area contributed by atoms with E-state index in [4.69, 9.17) is 84.8 Å². The van der Waals surface area contributed by atoms with Crippen LogP contribution < -0.4 is 16.0 Å². The van der Waals surface area contributed by atoms with E-state index in [1.807, 2.05) is 79.9 Å². The number of carbonyl (C=O) groups excluding carboxylic acids is 2. The highest BCUT2D eigenvalue weighted by atomic mass is 79.9. The molecule has 0 amide bonds. The molecule has 2 unspecified atom stereocenters. The molecule has 93 heavy (non-hydrogen) atoms. The molecule has 3 heterocycles. The molecule has 2 fully saturated rings. The fourth-order valence-electron chi connectivity index (χ4n) is 8.82. The van der Waals surface area contributed by atoms with Crippen LogP contribution in [0.2, 0.25) is 30.1 Å². The van der Waals surface area contributed by atoms with Crippen LogP contribution in [0.1, 0.15) is 95.8 Å². The first-order valence-electron chi connectivity index (χ1n) is 28.1. The van der Waals surface area contributed by atoms with Crippen LogP contribution in [-0.2, 0) is 73.1 Å². The number of rotatable bonds is 16. The minimum absolute atomic E-state index is 0.0155. The Labute approximate surface area is 611 Å². The number of thioether (sulfide) groups is 2. The molecule has 7 aromatic rings. The van der Waals surface area contributed by atoms with Crippen molar-refractivity contribution in [3.8, 4) is 0 Å². The molecule has 9 rings (SSSR count). The lowest BCUT2D eigenvalue weighted by Gasteiger charge is -2.31. The summed E-state index contributed by atoms with van der Waals surface area (Å²) in [5.41, 5.74) is 14.9. The monoisotopic (exact) mass is 1680 g/mol. The van der Waals surface area contributed by atoms with E-state index in [-0.39, 0.29) is 40.3 Å². The van der Waals surface area contributed by atoms with Gasteiger partial charge in [-0.2, -0.15) is 28.5 Å². The Morgan fingerprint density at radius 2 is 0.989 bits per heavy atom. The van der Waals surface area contributed by atoms with Gasteiger partial charge in [-0.1, -0.05) is 134 Å². The summed E-state index contributed by atoms with van der Waals surface area (Å²) in [6.07, 6.45) is 10.9. The van der Waals surface area contributed by atoms with Crippen LogP contribution in [0.5, 0.6) is 0 Å². The fraction of sp³-hybridized carbons (Fsp3) is 0.344. The Kier molecular flexibility index (Phi) is 36.7. The highest BCUT2D eigenvalue weighted by molar-refractivity contribution is 9.11. The number of aldehydes is 2. The highest BCUT2D eigenvalue weighted by Gasteiger charge is 2.27. The largest absolute Gasteiger partial charge is 0.379 e. The van der Waals surface area contributed by atoms with E-state index in [2.05, 4.69) is 80.3 Å². The number of nitrogen functional groups attached to an aromatic ring is 1. The second-order valence-electron chi connectivity index (χ2n) is 21.2. The summed E-state index contributed by atoms with van der Waals surface area (Å²) in [4.78, 5) is 31.5. The van der Waals surface area contributed by atoms with Crippen LogP contribution >= 0.6 is 141 Å². The van der Waals surface area contributed by atoms with Gasteiger partial charge in [-0.25, -0.2) is 30.2 Å². The maximum Gasteiger partial charge on any atom is 0.222 e. The average Bonchev–Trinajstić information content (AvgIpc) is 1.84. The molecule has 0 spiro atoms. The molecule has 506 valence electrons. The minimum atomic E-state index is -3.13. The number of hydrogen-bond donors (Lipinski definition) is 2. The van der Waals surface area contributed by atoms with Gasteiger partial charge < -0.3 is 25.4 Å². The summed E-state index contributed by atoms with van der Waals surface area (Å²) in [5.74, 6) is 2.81. The number of nitrogens with zero attached hydrogens (tertiary/aromatic N) is 3. The summed E-state index contributed by atoms with van der Waals surface area (Å²) >= 11 is 49.6. The van der Waals surface area contributed by atoms with Gasteiger partial charge in [0, 0.05) is 97.2 Å². The van der Waals surface area contributed by atoms with Crippen LogP contribution in [0.25, 0.3) is 0 Å². The van der Waals surface area contributed by atoms with E-state index >= 15 is 0 Å². The Bertz CT molecular complexity index is 3940. The molecule has 0 radical (unpaired) electrons. The molecule has 6 aromatic carbocycles. The van der Waals surface area contributed by atoms with E-state index in [9.17, 15) is 34.8 Å². The van der Waals surface area contributed by atoms with Crippen molar-refractivity contribution in [3.63, 3.8) is 0 Å². The van der Waals surface area contributed by atoms with Gasteiger partial charge in [0.2, 0.25) is 5.95 Å². The van der Waals surface area contributed by atoms with Gasteiger partial charge in [0.15, 0.2) is 42.1 Å². The van der Waals surface area contributed by atoms with Crippen molar-refractivity contribution >= 4 is 195 Å². The van der Waals surface area contributed by atoms with Crippen LogP contribution in [-0.4, -0.2) is 119 Å². The first kappa shape index (κ1) is 82.4. The number of hydrogen-bond acceptors (Lipinski definition) is 17. The van der Waals surface area contributed by atoms with E-state index in [0.717, 1.165) is 109 Å². The number of alkyl halides is 1. The maximum atomic E-state index is 11.5. The normalized spacial score (nSPS) is 14.8. The third-order valence-corrected chi connectivity index (χ3v) is 21.2. The minimum Gasteiger partial charge on any atom is -0.379 e. The zero-order valence-corrected chi connectivity index (χ0v) is 65.0. The number of sulfone groups is 3. The molecule has 0 aliphatic carbocycles. The molecule has 0 bridgehead atoms. The molecule has 2 aliphatic rings. The zero-order chi connectivity index (χ0) is 69.1. The Hall–Kier alpha value is -3.05. The quantitative estimate of drug-likeness (QED) is 0.0678. The van der Waals surface area contributed by atoms with Gasteiger partial charge >= 0.3 is 0 Å². The Balaban J connectivity index is 0.000000248. The number of anilines is 2. The molecule has 1 aromatic heterocycles. The van der Waals surface area contributed by atoms with Gasteiger partial charge in [-0.15, -0.1) is 0 Å². The number of nitrogens with one attached hydrogen (secondary N) is 1. The lowest BCUT2D eigenvalue weighted by molar-refractivity contribution is 0.111. The van der Waals surface area contributed by atoms with Gasteiger partial charge in [0.05, 0.1) is 62.6 Å². The molecule has 2 aliphatic heterocycles. The Morgan fingerprint density at radius 3 is 1.44 bits per heavy atom. The van der Waals surface area contributed by atoms with Crippen LogP contribution in [0.3, 0.4) is 0 Å². The topological polar surface area (TPSA) is 222 Å². The predicted molar refractivity (Wildman–Crippen MR) is 400 cm³/mol. The average molecular weight is 1680 g/mol. The first-order chi connectivity index (χ1) is 43.8. The van der Waals surface area contributed by atoms with Crippen LogP contribution in [0.15, 0.2) is 124 Å². The standard InChI is InChI=1S/C18H23ClN4O3S.C13H18ClNO3S.C9H9ClO3S.C9H9ClOS.C8H8BrClS.C7H5Br2Cl/c1-12-8-17(22-18(20)21-12)23-6-3-7-26-10-16(23)14-5-4-13(9-15(14)19)11-27(2,24)25;1-19(16,17)9-10-3-4-11(12(14)7-10)13-8-18-6-2-5-15-13;1-14(12,13)6-7-2-3-8(5-11)9(10)4-7;1-12-6-7-2-3-8(5-11)9(10)4-7;1-11-5-6-2-3-7(9)8(10)4-6;8-4-5-1-2-6(9)7(10)3-5/h4-5,8-9,16H,3,6-7,10-11H2,1-2H3,(H2,20,21,22);3-4,7,13,15H,2,5-6,8-9H2,1H3;2-5H,6H2,1H3;2-5H,6H2,1H3;2-4H,5H2,1H3;1-3H,4H2. The number of aryl methyl sites for hydroxylation is 1. The molecular formula is C64H72Br3Cl6N5O10S5. The lowest BCUT2D eigenvalue weighted by Crippen LogP contribution is -2.32. The molecule has 29 heteroatoms. The molecule has 3 N–H and O–H groups in total. The molecule has 2 saturated heterocycles. The van der Waals surface area contributed by atoms with E-state index < -0.39 is 29.5 Å². The number of benzene rings is 6. The summed E-state index contributed by atoms with van der Waals surface area (Å²) in [5, 5.41) is 7.69. The SMILES string of the molecule is CS(=O)(=O)Cc1ccc(C2COCCCN2)c(Cl)c1.CS(=O)(=O)Cc1ccc(C=O)c(Cl)c1.CSCc1ccc(Br)c(Cl)c1.CSCc1ccc(C=O)c(Cl)c1.Cc1cc(N2CCCOCC2c2ccc(CS(C)(=O)=O)cc2Cl)nc(N)n1.Clc1cc(CBr)ccc1Br. The zero-order valence-electron chi connectivity index (χ0n) is 51.6. The molecule has 15 nitrogen and oxygen atoms in total. The number of nitrogens with two attached hydrogens (primary N) is 1. The number of halogens is 9.